The Morgan fingerprint density at radius 3 is 2.17 bits per heavy atom. The van der Waals surface area contributed by atoms with Crippen LogP contribution in [0.2, 0.25) is 5.02 Å². The number of benzene rings is 4. The summed E-state index contributed by atoms with van der Waals surface area (Å²) < 4.78 is 47.0. The van der Waals surface area contributed by atoms with Crippen LogP contribution in [0, 0.1) is 5.82 Å². The predicted molar refractivity (Wildman–Crippen MR) is 134 cm³/mol. The molecule has 0 saturated carbocycles. The summed E-state index contributed by atoms with van der Waals surface area (Å²) in [5.41, 5.74) is 0.403. The second-order valence-corrected chi connectivity index (χ2v) is 9.70. The summed E-state index contributed by atoms with van der Waals surface area (Å²) in [4.78, 5) is 13.1. The molecule has 0 aliphatic rings. The van der Waals surface area contributed by atoms with Crippen molar-refractivity contribution < 1.29 is 22.3 Å². The van der Waals surface area contributed by atoms with Crippen LogP contribution < -0.4 is 14.4 Å². The smallest absolute Gasteiger partial charge is 0.264 e. The zero-order valence-corrected chi connectivity index (χ0v) is 19.8. The number of nitrogens with zero attached hydrogens (tertiary/aromatic N) is 1. The Kier molecular flexibility index (Phi) is 7.33. The number of sulfonamides is 1. The summed E-state index contributed by atoms with van der Waals surface area (Å²) >= 11 is 6.12. The highest BCUT2D eigenvalue weighted by Crippen LogP contribution is 2.32. The van der Waals surface area contributed by atoms with E-state index in [2.05, 4.69) is 5.32 Å². The molecule has 0 bridgehead atoms. The van der Waals surface area contributed by atoms with Gasteiger partial charge in [0, 0.05) is 5.02 Å². The third-order valence-electron chi connectivity index (χ3n) is 4.92. The second kappa shape index (κ2) is 10.6. The number of para-hydroxylation sites is 1. The molecule has 0 aromatic heterocycles. The van der Waals surface area contributed by atoms with Crippen molar-refractivity contribution in [1.29, 1.82) is 0 Å². The van der Waals surface area contributed by atoms with Crippen LogP contribution in [0.25, 0.3) is 0 Å². The van der Waals surface area contributed by atoms with Crippen molar-refractivity contribution in [2.45, 2.75) is 4.90 Å². The molecule has 4 aromatic rings. The molecule has 0 fully saturated rings. The van der Waals surface area contributed by atoms with Crippen LogP contribution in [0.15, 0.2) is 108 Å². The lowest BCUT2D eigenvalue weighted by Gasteiger charge is -2.24. The molecule has 0 unspecified atom stereocenters. The van der Waals surface area contributed by atoms with Crippen molar-refractivity contribution in [1.82, 2.24) is 0 Å². The lowest BCUT2D eigenvalue weighted by atomic mass is 10.2. The van der Waals surface area contributed by atoms with E-state index in [-0.39, 0.29) is 16.3 Å². The van der Waals surface area contributed by atoms with Crippen molar-refractivity contribution in [2.24, 2.45) is 0 Å². The number of nitrogens with one attached hydrogen (secondary N) is 1. The fourth-order valence-corrected chi connectivity index (χ4v) is 4.88. The van der Waals surface area contributed by atoms with Crippen molar-refractivity contribution >= 4 is 38.9 Å². The molecule has 0 saturated heterocycles. The van der Waals surface area contributed by atoms with E-state index >= 15 is 0 Å². The highest BCUT2D eigenvalue weighted by Gasteiger charge is 2.27. The van der Waals surface area contributed by atoms with E-state index in [9.17, 15) is 17.6 Å². The van der Waals surface area contributed by atoms with Gasteiger partial charge >= 0.3 is 0 Å². The number of carbonyl (C=O) groups is 1. The molecular weight excluding hydrogens is 491 g/mol. The number of hydrogen-bond donors (Lipinski definition) is 1. The molecule has 0 heterocycles. The minimum atomic E-state index is -4.13. The van der Waals surface area contributed by atoms with Crippen molar-refractivity contribution in [3.05, 3.63) is 114 Å². The van der Waals surface area contributed by atoms with E-state index in [0.717, 1.165) is 16.4 Å². The molecule has 6 nitrogen and oxygen atoms in total. The molecule has 1 amide bonds. The highest BCUT2D eigenvalue weighted by atomic mass is 35.5. The first kappa shape index (κ1) is 24.3. The van der Waals surface area contributed by atoms with Gasteiger partial charge in [0.15, 0.2) is 5.75 Å². The molecule has 178 valence electrons. The maximum atomic E-state index is 13.5. The van der Waals surface area contributed by atoms with Crippen molar-refractivity contribution in [3.63, 3.8) is 0 Å². The molecular formula is C26H20ClFN2O4S. The molecule has 9 heteroatoms. The summed E-state index contributed by atoms with van der Waals surface area (Å²) in [6.07, 6.45) is 0. The van der Waals surface area contributed by atoms with E-state index in [4.69, 9.17) is 16.3 Å². The maximum Gasteiger partial charge on any atom is 0.264 e. The van der Waals surface area contributed by atoms with Gasteiger partial charge in [0.1, 0.15) is 18.1 Å². The van der Waals surface area contributed by atoms with E-state index in [1.54, 1.807) is 54.6 Å². The van der Waals surface area contributed by atoms with Crippen LogP contribution in [0.1, 0.15) is 0 Å². The lowest BCUT2D eigenvalue weighted by molar-refractivity contribution is -0.114. The molecule has 4 rings (SSSR count). The summed E-state index contributed by atoms with van der Waals surface area (Å²) in [5.74, 6) is -0.302. The molecule has 0 aliphatic heterocycles. The first-order valence-electron chi connectivity index (χ1n) is 10.5. The Morgan fingerprint density at radius 2 is 1.51 bits per heavy atom. The van der Waals surface area contributed by atoms with E-state index in [0.29, 0.717) is 16.5 Å². The number of rotatable bonds is 8. The third kappa shape index (κ3) is 5.98. The normalized spacial score (nSPS) is 11.0. The standard InChI is InChI=1S/C26H20ClFN2O4S/c27-19-11-16-25(34-22-7-3-1-4-8-22)24(17-19)29-26(31)18-30(21-14-12-20(28)13-15-21)35(32,33)23-9-5-2-6-10-23/h1-17H,18H2,(H,29,31). The van der Waals surface area contributed by atoms with Crippen LogP contribution in [0.4, 0.5) is 15.8 Å². The van der Waals surface area contributed by atoms with Gasteiger partial charge in [-0.25, -0.2) is 12.8 Å². The van der Waals surface area contributed by atoms with Crippen LogP contribution in [0.5, 0.6) is 11.5 Å². The van der Waals surface area contributed by atoms with Crippen LogP contribution in [0.3, 0.4) is 0 Å². The topological polar surface area (TPSA) is 75.7 Å². The Morgan fingerprint density at radius 1 is 0.886 bits per heavy atom. The average Bonchev–Trinajstić information content (AvgIpc) is 2.86. The lowest BCUT2D eigenvalue weighted by Crippen LogP contribution is -2.38. The Hall–Kier alpha value is -3.88. The fourth-order valence-electron chi connectivity index (χ4n) is 3.27. The molecule has 0 radical (unpaired) electrons. The summed E-state index contributed by atoms with van der Waals surface area (Å²) in [6, 6.07) is 26.2. The number of hydrogen-bond acceptors (Lipinski definition) is 4. The minimum Gasteiger partial charge on any atom is -0.455 e. The number of halogens is 2. The molecule has 4 aromatic carbocycles. The van der Waals surface area contributed by atoms with Gasteiger partial charge in [0.2, 0.25) is 5.91 Å². The largest absolute Gasteiger partial charge is 0.455 e. The summed E-state index contributed by atoms with van der Waals surface area (Å²) in [7, 11) is -4.13. The average molecular weight is 511 g/mol. The maximum absolute atomic E-state index is 13.5. The molecule has 1 N–H and O–H groups in total. The molecule has 0 spiro atoms. The SMILES string of the molecule is O=C(CN(c1ccc(F)cc1)S(=O)(=O)c1ccccc1)Nc1cc(Cl)ccc1Oc1ccccc1. The Labute approximate surface area is 207 Å². The van der Waals surface area contributed by atoms with E-state index < -0.39 is 28.3 Å². The molecule has 0 atom stereocenters. The van der Waals surface area contributed by atoms with Crippen LogP contribution in [-0.2, 0) is 14.8 Å². The number of ether oxygens (including phenoxy) is 1. The van der Waals surface area contributed by atoms with Gasteiger partial charge in [-0.3, -0.25) is 9.10 Å². The van der Waals surface area contributed by atoms with Crippen LogP contribution in [-0.4, -0.2) is 20.9 Å². The fraction of sp³-hybridized carbons (Fsp3) is 0.0385. The van der Waals surface area contributed by atoms with Gasteiger partial charge in [0.25, 0.3) is 10.0 Å². The van der Waals surface area contributed by atoms with Crippen molar-refractivity contribution in [2.75, 3.05) is 16.2 Å². The summed E-state index contributed by atoms with van der Waals surface area (Å²) in [6.45, 7) is -0.569. The van der Waals surface area contributed by atoms with Gasteiger partial charge in [-0.1, -0.05) is 48.0 Å². The van der Waals surface area contributed by atoms with Gasteiger partial charge in [-0.15, -0.1) is 0 Å². The Bertz CT molecular complexity index is 1420. The van der Waals surface area contributed by atoms with Gasteiger partial charge in [-0.05, 0) is 66.7 Å². The van der Waals surface area contributed by atoms with Crippen LogP contribution >= 0.6 is 11.6 Å². The number of anilines is 2. The minimum absolute atomic E-state index is 0.00650. The summed E-state index contributed by atoms with van der Waals surface area (Å²) in [5, 5.41) is 3.03. The van der Waals surface area contributed by atoms with E-state index in [1.807, 2.05) is 6.07 Å². The number of amides is 1. The molecule has 0 aliphatic carbocycles. The first-order chi connectivity index (χ1) is 16.8. The second-order valence-electron chi connectivity index (χ2n) is 7.40. The van der Waals surface area contributed by atoms with Crippen molar-refractivity contribution in [3.8, 4) is 11.5 Å². The van der Waals surface area contributed by atoms with Gasteiger partial charge in [0.05, 0.1) is 16.3 Å². The quantitative estimate of drug-likeness (QED) is 0.310. The highest BCUT2D eigenvalue weighted by molar-refractivity contribution is 7.92. The monoisotopic (exact) mass is 510 g/mol. The molecule has 35 heavy (non-hydrogen) atoms. The first-order valence-corrected chi connectivity index (χ1v) is 12.3. The number of carbonyl (C=O) groups excluding carboxylic acids is 1. The zero-order chi connectivity index (χ0) is 24.8. The van der Waals surface area contributed by atoms with Gasteiger partial charge < -0.3 is 10.1 Å². The van der Waals surface area contributed by atoms with Gasteiger partial charge in [-0.2, -0.15) is 0 Å². The predicted octanol–water partition coefficient (Wildman–Crippen LogP) is 6.11. The third-order valence-corrected chi connectivity index (χ3v) is 6.94. The van der Waals surface area contributed by atoms with E-state index in [1.165, 1.54) is 30.3 Å². The zero-order valence-electron chi connectivity index (χ0n) is 18.3. The Balaban J connectivity index is 1.63.